The molecular weight excluding hydrogens is 520 g/mol. The number of aryl methyl sites for hydroxylation is 1. The second-order valence-electron chi connectivity index (χ2n) is 9.90. The van der Waals surface area contributed by atoms with Crippen molar-refractivity contribution < 1.29 is 35.6 Å². The highest BCUT2D eigenvalue weighted by Gasteiger charge is 2.44. The van der Waals surface area contributed by atoms with E-state index in [1.807, 2.05) is 4.90 Å². The first kappa shape index (κ1) is 26.1. The van der Waals surface area contributed by atoms with Crippen LogP contribution in [0.2, 0.25) is 0 Å². The van der Waals surface area contributed by atoms with Crippen molar-refractivity contribution in [1.29, 1.82) is 0 Å². The number of ether oxygens (including phenoxy) is 1. The number of benzene rings is 1. The van der Waals surface area contributed by atoms with Crippen LogP contribution in [0.15, 0.2) is 22.7 Å². The predicted octanol–water partition coefficient (Wildman–Crippen LogP) is 5.71. The topological polar surface area (TPSA) is 94.1 Å². The Hall–Kier alpha value is -3.52. The molecule has 9 nitrogen and oxygen atoms in total. The molecule has 3 aromatic rings. The molecule has 1 aliphatic heterocycles. The highest BCUT2D eigenvalue weighted by molar-refractivity contribution is 5.40. The quantitative estimate of drug-likeness (QED) is 0.394. The Labute approximate surface area is 213 Å². The molecule has 1 aliphatic carbocycles. The van der Waals surface area contributed by atoms with E-state index in [2.05, 4.69) is 25.5 Å². The minimum atomic E-state index is -4.99. The monoisotopic (exact) mass is 545 g/mol. The lowest BCUT2D eigenvalue weighted by Crippen LogP contribution is -2.48. The lowest BCUT2D eigenvalue weighted by atomic mass is 9.92. The Morgan fingerprint density at radius 1 is 0.974 bits per heavy atom. The van der Waals surface area contributed by atoms with Gasteiger partial charge in [-0.15, -0.1) is 5.10 Å². The van der Waals surface area contributed by atoms with Crippen molar-refractivity contribution in [2.75, 3.05) is 23.3 Å². The van der Waals surface area contributed by atoms with E-state index in [1.165, 1.54) is 4.68 Å². The molecule has 2 bridgehead atoms. The molecule has 2 fully saturated rings. The molecule has 3 atom stereocenters. The van der Waals surface area contributed by atoms with Gasteiger partial charge >= 0.3 is 24.4 Å². The highest BCUT2D eigenvalue weighted by Crippen LogP contribution is 2.41. The van der Waals surface area contributed by atoms with Crippen LogP contribution in [-0.2, 0) is 12.4 Å². The second-order valence-corrected chi connectivity index (χ2v) is 9.90. The van der Waals surface area contributed by atoms with E-state index < -0.39 is 29.2 Å². The molecule has 1 aromatic carbocycles. The van der Waals surface area contributed by atoms with Gasteiger partial charge in [-0.2, -0.15) is 36.3 Å². The summed E-state index contributed by atoms with van der Waals surface area (Å²) in [6, 6.07) is 0.992. The number of hydrogen-bond donors (Lipinski definition) is 1. The summed E-state index contributed by atoms with van der Waals surface area (Å²) in [6.45, 7) is 6.58. The van der Waals surface area contributed by atoms with E-state index in [0.717, 1.165) is 12.8 Å². The average Bonchev–Trinajstić information content (AvgIpc) is 3.48. The van der Waals surface area contributed by atoms with Gasteiger partial charge in [0.05, 0.1) is 17.2 Å². The Bertz CT molecular complexity index is 1260. The van der Waals surface area contributed by atoms with E-state index in [1.54, 1.807) is 20.8 Å². The van der Waals surface area contributed by atoms with Gasteiger partial charge in [-0.05, 0) is 63.6 Å². The maximum absolute atomic E-state index is 13.3. The number of nitrogens with zero attached hydrogens (tertiary/aromatic N) is 6. The molecule has 3 heterocycles. The van der Waals surface area contributed by atoms with Crippen LogP contribution >= 0.6 is 0 Å². The lowest BCUT2D eigenvalue weighted by Gasteiger charge is -2.37. The zero-order valence-corrected chi connectivity index (χ0v) is 20.6. The molecule has 1 N–H and O–H groups in total. The van der Waals surface area contributed by atoms with Crippen molar-refractivity contribution in [3.63, 3.8) is 0 Å². The Kier molecular flexibility index (Phi) is 6.42. The predicted molar refractivity (Wildman–Crippen MR) is 122 cm³/mol. The van der Waals surface area contributed by atoms with Crippen molar-refractivity contribution in [1.82, 2.24) is 24.9 Å². The van der Waals surface area contributed by atoms with Gasteiger partial charge in [0.25, 0.3) is 0 Å². The maximum Gasteiger partial charge on any atom is 0.416 e. The number of fused-ring (bicyclic) bond motifs is 2. The van der Waals surface area contributed by atoms with Gasteiger partial charge in [-0.3, -0.25) is 0 Å². The molecular formula is C23H25F6N7O2. The largest absolute Gasteiger partial charge is 0.424 e. The van der Waals surface area contributed by atoms with Crippen molar-refractivity contribution in [3.05, 3.63) is 35.2 Å². The van der Waals surface area contributed by atoms with E-state index >= 15 is 0 Å². The van der Waals surface area contributed by atoms with Crippen molar-refractivity contribution in [2.45, 2.75) is 58.0 Å². The first-order chi connectivity index (χ1) is 17.8. The van der Waals surface area contributed by atoms with Gasteiger partial charge in [0.15, 0.2) is 5.82 Å². The Morgan fingerprint density at radius 3 is 2.08 bits per heavy atom. The second kappa shape index (κ2) is 9.34. The van der Waals surface area contributed by atoms with Gasteiger partial charge in [-0.25, -0.2) is 4.68 Å². The van der Waals surface area contributed by atoms with Crippen LogP contribution in [0.4, 0.5) is 38.3 Å². The van der Waals surface area contributed by atoms with Crippen LogP contribution in [0.25, 0.3) is 0 Å². The molecule has 0 unspecified atom stereocenters. The summed E-state index contributed by atoms with van der Waals surface area (Å²) in [6.07, 6.45) is -8.09. The molecule has 2 aromatic heterocycles. The van der Waals surface area contributed by atoms with Crippen molar-refractivity contribution >= 4 is 12.0 Å². The third kappa shape index (κ3) is 5.23. The van der Waals surface area contributed by atoms with Crippen LogP contribution < -0.4 is 15.0 Å². The number of alkyl halides is 6. The summed E-state index contributed by atoms with van der Waals surface area (Å²) in [7, 11) is 0. The maximum atomic E-state index is 13.3. The third-order valence-electron chi connectivity index (χ3n) is 6.78. The van der Waals surface area contributed by atoms with Crippen LogP contribution in [0, 0.1) is 18.8 Å². The number of anilines is 2. The van der Waals surface area contributed by atoms with Crippen LogP contribution in [0.1, 0.15) is 49.7 Å². The number of rotatable bonds is 6. The minimum Gasteiger partial charge on any atom is -0.424 e. The molecule has 2 aliphatic rings. The van der Waals surface area contributed by atoms with E-state index in [-0.39, 0.29) is 41.9 Å². The Balaban J connectivity index is 1.38. The van der Waals surface area contributed by atoms with E-state index in [0.29, 0.717) is 37.1 Å². The first-order valence-electron chi connectivity index (χ1n) is 12.0. The van der Waals surface area contributed by atoms with Gasteiger partial charge in [0.2, 0.25) is 5.95 Å². The number of hydrogen-bond acceptors (Lipinski definition) is 8. The normalized spacial score (nSPS) is 21.8. The fourth-order valence-electron chi connectivity index (χ4n) is 5.04. The molecule has 0 radical (unpaired) electrons. The standard InChI is InChI=1S/C23H25F6N7O2/c1-11(2)36-21(37-17-7-15(22(24,25)26)6-16(8-17)23(27,28)29)32-19(33-36)31-18-13-4-5-14(18)10-35(9-13)20-30-12(3)34-38-20/h6-8,11,13-14,18H,4-5,9-10H2,1-3H3,(H,31,33)/t13-,14+,18-. The Morgan fingerprint density at radius 2 is 1.58 bits per heavy atom. The minimum absolute atomic E-state index is 0.0107. The van der Waals surface area contributed by atoms with Gasteiger partial charge < -0.3 is 19.5 Å². The summed E-state index contributed by atoms with van der Waals surface area (Å²) in [4.78, 5) is 10.6. The number of nitrogens with one attached hydrogen (secondary N) is 1. The van der Waals surface area contributed by atoms with Crippen LogP contribution in [-0.4, -0.2) is 44.0 Å². The smallest absolute Gasteiger partial charge is 0.416 e. The summed E-state index contributed by atoms with van der Waals surface area (Å²) >= 11 is 0. The first-order valence-corrected chi connectivity index (χ1v) is 12.0. The number of aromatic nitrogens is 5. The summed E-state index contributed by atoms with van der Waals surface area (Å²) in [5, 5.41) is 11.6. The van der Waals surface area contributed by atoms with Gasteiger partial charge in [0, 0.05) is 19.1 Å². The molecule has 5 rings (SSSR count). The molecule has 206 valence electrons. The molecule has 0 spiro atoms. The lowest BCUT2D eigenvalue weighted by molar-refractivity contribution is -0.143. The zero-order chi connectivity index (χ0) is 27.4. The fraction of sp³-hybridized carbons (Fsp3) is 0.565. The van der Waals surface area contributed by atoms with Crippen LogP contribution in [0.5, 0.6) is 11.8 Å². The molecule has 38 heavy (non-hydrogen) atoms. The van der Waals surface area contributed by atoms with Crippen molar-refractivity contribution in [2.24, 2.45) is 11.8 Å². The molecule has 0 amide bonds. The zero-order valence-electron chi connectivity index (χ0n) is 20.6. The number of piperidine rings is 1. The molecule has 15 heteroatoms. The van der Waals surface area contributed by atoms with Gasteiger partial charge in [-0.1, -0.05) is 5.16 Å². The average molecular weight is 545 g/mol. The number of halogens is 6. The molecule has 1 saturated heterocycles. The summed E-state index contributed by atoms with van der Waals surface area (Å²) in [5.74, 6) is 0.520. The third-order valence-corrected chi connectivity index (χ3v) is 6.78. The summed E-state index contributed by atoms with van der Waals surface area (Å²) in [5.41, 5.74) is -2.95. The van der Waals surface area contributed by atoms with Gasteiger partial charge in [0.1, 0.15) is 5.75 Å². The highest BCUT2D eigenvalue weighted by atomic mass is 19.4. The SMILES string of the molecule is Cc1noc(N2C[C@H]3CC[C@@H](C2)[C@@H]3Nc2nc(Oc3cc(C(F)(F)F)cc(C(F)(F)F)c3)n(C(C)C)n2)n1. The van der Waals surface area contributed by atoms with E-state index in [4.69, 9.17) is 9.26 Å². The van der Waals surface area contributed by atoms with E-state index in [9.17, 15) is 26.3 Å². The fourth-order valence-corrected chi connectivity index (χ4v) is 5.04. The van der Waals surface area contributed by atoms with Crippen LogP contribution in [0.3, 0.4) is 0 Å². The summed E-state index contributed by atoms with van der Waals surface area (Å²) < 4.78 is 91.8. The van der Waals surface area contributed by atoms with Crippen molar-refractivity contribution in [3.8, 4) is 11.8 Å². The molecule has 1 saturated carbocycles.